The lowest BCUT2D eigenvalue weighted by atomic mass is 9.97. The van der Waals surface area contributed by atoms with Crippen LogP contribution in [-0.4, -0.2) is 9.97 Å². The van der Waals surface area contributed by atoms with Crippen molar-refractivity contribution in [3.05, 3.63) is 29.0 Å². The first kappa shape index (κ1) is 10.1. The number of H-pyrrole nitrogens is 1. The summed E-state index contributed by atoms with van der Waals surface area (Å²) in [7, 11) is 0. The molecule has 16 heavy (non-hydrogen) atoms. The summed E-state index contributed by atoms with van der Waals surface area (Å²) >= 11 is 5.94. The summed E-state index contributed by atoms with van der Waals surface area (Å²) < 4.78 is 0. The van der Waals surface area contributed by atoms with E-state index in [1.54, 1.807) is 0 Å². The second-order valence-electron chi connectivity index (χ2n) is 4.80. The lowest BCUT2D eigenvalue weighted by Gasteiger charge is -2.21. The first-order valence-electron chi connectivity index (χ1n) is 5.52. The molecule has 3 N–H and O–H groups in total. The van der Waals surface area contributed by atoms with Gasteiger partial charge >= 0.3 is 0 Å². The molecule has 0 amide bonds. The Morgan fingerprint density at radius 3 is 2.94 bits per heavy atom. The van der Waals surface area contributed by atoms with Crippen molar-refractivity contribution in [3.63, 3.8) is 0 Å². The number of nitrogens with zero attached hydrogens (tertiary/aromatic N) is 1. The number of hydrogen-bond donors (Lipinski definition) is 2. The van der Waals surface area contributed by atoms with Crippen molar-refractivity contribution in [1.82, 2.24) is 9.97 Å². The van der Waals surface area contributed by atoms with Crippen molar-refractivity contribution in [2.75, 3.05) is 0 Å². The molecule has 0 saturated heterocycles. The molecule has 3 nitrogen and oxygen atoms in total. The van der Waals surface area contributed by atoms with Gasteiger partial charge in [-0.25, -0.2) is 4.98 Å². The maximum absolute atomic E-state index is 6.32. The third-order valence-electron chi connectivity index (χ3n) is 3.38. The molecule has 1 aromatic carbocycles. The van der Waals surface area contributed by atoms with Gasteiger partial charge in [-0.3, -0.25) is 0 Å². The van der Waals surface area contributed by atoms with Crippen molar-refractivity contribution in [1.29, 1.82) is 0 Å². The number of benzene rings is 1. The molecular formula is C12H14ClN3. The molecule has 1 unspecified atom stereocenters. The van der Waals surface area contributed by atoms with Crippen LogP contribution < -0.4 is 5.73 Å². The maximum Gasteiger partial charge on any atom is 0.127 e. The molecule has 4 heteroatoms. The van der Waals surface area contributed by atoms with Crippen molar-refractivity contribution in [3.8, 4) is 0 Å². The van der Waals surface area contributed by atoms with Crippen molar-refractivity contribution in [2.24, 2.45) is 11.7 Å². The summed E-state index contributed by atoms with van der Waals surface area (Å²) in [6, 6.07) is 5.65. The smallest absolute Gasteiger partial charge is 0.127 e. The van der Waals surface area contributed by atoms with Crippen LogP contribution in [0.3, 0.4) is 0 Å². The highest BCUT2D eigenvalue weighted by Crippen LogP contribution is 2.43. The van der Waals surface area contributed by atoms with E-state index in [0.29, 0.717) is 10.9 Å². The molecular weight excluding hydrogens is 222 g/mol. The molecule has 1 saturated carbocycles. The van der Waals surface area contributed by atoms with Crippen LogP contribution in [-0.2, 0) is 5.54 Å². The monoisotopic (exact) mass is 235 g/mol. The van der Waals surface area contributed by atoms with Gasteiger partial charge in [0.2, 0.25) is 0 Å². The zero-order valence-electron chi connectivity index (χ0n) is 9.13. The van der Waals surface area contributed by atoms with Crippen LogP contribution in [0.1, 0.15) is 25.6 Å². The van der Waals surface area contributed by atoms with Crippen molar-refractivity contribution < 1.29 is 0 Å². The lowest BCUT2D eigenvalue weighted by molar-refractivity contribution is 0.405. The Balaban J connectivity index is 2.11. The van der Waals surface area contributed by atoms with E-state index in [-0.39, 0.29) is 5.54 Å². The number of nitrogens with one attached hydrogen (secondary N) is 1. The van der Waals surface area contributed by atoms with Gasteiger partial charge < -0.3 is 10.7 Å². The number of hydrogen-bond acceptors (Lipinski definition) is 2. The van der Waals surface area contributed by atoms with E-state index in [1.165, 1.54) is 12.8 Å². The van der Waals surface area contributed by atoms with Gasteiger partial charge in [-0.05, 0) is 43.9 Å². The van der Waals surface area contributed by atoms with E-state index in [4.69, 9.17) is 17.3 Å². The maximum atomic E-state index is 6.32. The van der Waals surface area contributed by atoms with Crippen LogP contribution in [0.4, 0.5) is 0 Å². The van der Waals surface area contributed by atoms with Gasteiger partial charge in [-0.2, -0.15) is 0 Å². The Morgan fingerprint density at radius 1 is 1.50 bits per heavy atom. The van der Waals surface area contributed by atoms with Crippen LogP contribution in [0.25, 0.3) is 11.0 Å². The SMILES string of the molecule is CC(N)(c1nc2ccc(Cl)cc2[nH]1)C1CC1. The molecule has 1 heterocycles. The van der Waals surface area contributed by atoms with E-state index < -0.39 is 0 Å². The van der Waals surface area contributed by atoms with Crippen LogP contribution >= 0.6 is 11.6 Å². The molecule has 1 fully saturated rings. The minimum absolute atomic E-state index is 0.342. The van der Waals surface area contributed by atoms with Crippen molar-refractivity contribution >= 4 is 22.6 Å². The summed E-state index contributed by atoms with van der Waals surface area (Å²) in [5, 5.41) is 0.716. The highest BCUT2D eigenvalue weighted by Gasteiger charge is 2.41. The van der Waals surface area contributed by atoms with Crippen LogP contribution in [0.5, 0.6) is 0 Å². The first-order valence-corrected chi connectivity index (χ1v) is 5.90. The van der Waals surface area contributed by atoms with Gasteiger partial charge in [0.15, 0.2) is 0 Å². The van der Waals surface area contributed by atoms with Gasteiger partial charge in [0.05, 0.1) is 16.6 Å². The number of rotatable bonds is 2. The van der Waals surface area contributed by atoms with Crippen LogP contribution in [0.2, 0.25) is 5.02 Å². The number of nitrogens with two attached hydrogens (primary N) is 1. The lowest BCUT2D eigenvalue weighted by Crippen LogP contribution is -2.36. The molecule has 3 rings (SSSR count). The molecule has 0 radical (unpaired) electrons. The fourth-order valence-electron chi connectivity index (χ4n) is 2.11. The van der Waals surface area contributed by atoms with E-state index in [0.717, 1.165) is 16.9 Å². The van der Waals surface area contributed by atoms with Crippen molar-refractivity contribution in [2.45, 2.75) is 25.3 Å². The molecule has 0 bridgehead atoms. The Kier molecular flexibility index (Phi) is 2.03. The van der Waals surface area contributed by atoms with E-state index in [9.17, 15) is 0 Å². The standard InChI is InChI=1S/C12H14ClN3/c1-12(14,7-2-3-7)11-15-9-5-4-8(13)6-10(9)16-11/h4-7H,2-3,14H2,1H3,(H,15,16). The molecule has 0 aliphatic heterocycles. The Bertz CT molecular complexity index is 540. The number of fused-ring (bicyclic) bond motifs is 1. The van der Waals surface area contributed by atoms with Crippen LogP contribution in [0, 0.1) is 5.92 Å². The Hall–Kier alpha value is -1.06. The minimum Gasteiger partial charge on any atom is -0.340 e. The molecule has 1 aromatic heterocycles. The first-order chi connectivity index (χ1) is 7.57. The minimum atomic E-state index is -0.342. The highest BCUT2D eigenvalue weighted by molar-refractivity contribution is 6.31. The number of aromatic amines is 1. The van der Waals surface area contributed by atoms with Gasteiger partial charge in [0.25, 0.3) is 0 Å². The molecule has 1 aliphatic rings. The Morgan fingerprint density at radius 2 is 2.25 bits per heavy atom. The van der Waals surface area contributed by atoms with Crippen LogP contribution in [0.15, 0.2) is 18.2 Å². The molecule has 1 aliphatic carbocycles. The Labute approximate surface area is 99.0 Å². The van der Waals surface area contributed by atoms with Gasteiger partial charge in [-0.15, -0.1) is 0 Å². The zero-order chi connectivity index (χ0) is 11.3. The van der Waals surface area contributed by atoms with E-state index in [1.807, 2.05) is 25.1 Å². The molecule has 2 aromatic rings. The largest absolute Gasteiger partial charge is 0.340 e. The third-order valence-corrected chi connectivity index (χ3v) is 3.61. The zero-order valence-corrected chi connectivity index (χ0v) is 9.88. The predicted molar refractivity (Wildman–Crippen MR) is 65.4 cm³/mol. The van der Waals surface area contributed by atoms with Gasteiger partial charge in [0, 0.05) is 5.02 Å². The highest BCUT2D eigenvalue weighted by atomic mass is 35.5. The fraction of sp³-hybridized carbons (Fsp3) is 0.417. The van der Waals surface area contributed by atoms with Gasteiger partial charge in [0.1, 0.15) is 5.82 Å². The van der Waals surface area contributed by atoms with E-state index >= 15 is 0 Å². The topological polar surface area (TPSA) is 54.7 Å². The van der Waals surface area contributed by atoms with Gasteiger partial charge in [-0.1, -0.05) is 11.6 Å². The average Bonchev–Trinajstić information content (AvgIpc) is 2.99. The van der Waals surface area contributed by atoms with E-state index in [2.05, 4.69) is 9.97 Å². The molecule has 1 atom stereocenters. The number of imidazole rings is 1. The summed E-state index contributed by atoms with van der Waals surface area (Å²) in [4.78, 5) is 7.83. The molecule has 0 spiro atoms. The third kappa shape index (κ3) is 1.51. The number of halogens is 1. The summed E-state index contributed by atoms with van der Waals surface area (Å²) in [6.07, 6.45) is 2.40. The number of aromatic nitrogens is 2. The summed E-state index contributed by atoms with van der Waals surface area (Å²) in [6.45, 7) is 2.05. The second kappa shape index (κ2) is 3.22. The fourth-order valence-corrected chi connectivity index (χ4v) is 2.29. The second-order valence-corrected chi connectivity index (χ2v) is 5.24. The average molecular weight is 236 g/mol. The normalized spacial score (nSPS) is 19.9. The summed E-state index contributed by atoms with van der Waals surface area (Å²) in [5.41, 5.74) is 7.86. The summed E-state index contributed by atoms with van der Waals surface area (Å²) in [5.74, 6) is 1.43. The quantitative estimate of drug-likeness (QED) is 0.841. The molecule has 84 valence electrons. The predicted octanol–water partition coefficient (Wildman–Crippen LogP) is 2.80.